The standard InChI is InChI=1S/C11H22N2O2/c1-4-5-9-15-10(2)11(14)13-8-6-7-12-3/h4,10,12H,1,5-9H2,2-3H3,(H,13,14). The maximum Gasteiger partial charge on any atom is 0.248 e. The van der Waals surface area contributed by atoms with Crippen LogP contribution in [0.1, 0.15) is 19.8 Å². The Morgan fingerprint density at radius 2 is 2.27 bits per heavy atom. The van der Waals surface area contributed by atoms with E-state index in [1.165, 1.54) is 0 Å². The zero-order chi connectivity index (χ0) is 11.5. The van der Waals surface area contributed by atoms with E-state index in [0.29, 0.717) is 13.2 Å². The minimum atomic E-state index is -0.375. The third-order valence-corrected chi connectivity index (χ3v) is 1.96. The molecule has 1 unspecified atom stereocenters. The van der Waals surface area contributed by atoms with Crippen molar-refractivity contribution in [3.63, 3.8) is 0 Å². The van der Waals surface area contributed by atoms with Crippen molar-refractivity contribution in [1.29, 1.82) is 0 Å². The molecule has 0 aromatic heterocycles. The summed E-state index contributed by atoms with van der Waals surface area (Å²) in [5, 5.41) is 5.83. The van der Waals surface area contributed by atoms with Crippen molar-refractivity contribution < 1.29 is 9.53 Å². The van der Waals surface area contributed by atoms with Gasteiger partial charge in [0.05, 0.1) is 6.61 Å². The molecule has 1 amide bonds. The van der Waals surface area contributed by atoms with E-state index < -0.39 is 0 Å². The predicted molar refractivity (Wildman–Crippen MR) is 61.8 cm³/mol. The summed E-state index contributed by atoms with van der Waals surface area (Å²) in [6.45, 7) is 7.49. The Labute approximate surface area is 92.1 Å². The Bertz CT molecular complexity index is 183. The molecule has 0 saturated heterocycles. The third-order valence-electron chi connectivity index (χ3n) is 1.96. The second-order valence-electron chi connectivity index (χ2n) is 3.34. The fourth-order valence-corrected chi connectivity index (χ4v) is 1.02. The Morgan fingerprint density at radius 1 is 1.53 bits per heavy atom. The Kier molecular flexibility index (Phi) is 9.11. The molecule has 4 nitrogen and oxygen atoms in total. The Hall–Kier alpha value is -0.870. The smallest absolute Gasteiger partial charge is 0.248 e. The lowest BCUT2D eigenvalue weighted by molar-refractivity contribution is -0.131. The second kappa shape index (κ2) is 9.68. The normalized spacial score (nSPS) is 12.1. The summed E-state index contributed by atoms with van der Waals surface area (Å²) in [6.07, 6.45) is 3.11. The third kappa shape index (κ3) is 8.15. The van der Waals surface area contributed by atoms with Gasteiger partial charge in [0.1, 0.15) is 6.10 Å². The summed E-state index contributed by atoms with van der Waals surface area (Å²) in [6, 6.07) is 0. The van der Waals surface area contributed by atoms with Crippen molar-refractivity contribution in [2.24, 2.45) is 0 Å². The van der Waals surface area contributed by atoms with Gasteiger partial charge in [0.25, 0.3) is 0 Å². The highest BCUT2D eigenvalue weighted by molar-refractivity contribution is 5.80. The summed E-state index contributed by atoms with van der Waals surface area (Å²) in [5.41, 5.74) is 0. The van der Waals surface area contributed by atoms with Gasteiger partial charge in [-0.05, 0) is 33.4 Å². The van der Waals surface area contributed by atoms with Gasteiger partial charge in [0.2, 0.25) is 5.91 Å². The molecule has 4 heteroatoms. The highest BCUT2D eigenvalue weighted by Gasteiger charge is 2.11. The van der Waals surface area contributed by atoms with E-state index in [4.69, 9.17) is 4.74 Å². The number of ether oxygens (including phenoxy) is 1. The van der Waals surface area contributed by atoms with Gasteiger partial charge in [-0.25, -0.2) is 0 Å². The highest BCUT2D eigenvalue weighted by atomic mass is 16.5. The van der Waals surface area contributed by atoms with E-state index >= 15 is 0 Å². The molecule has 0 heterocycles. The van der Waals surface area contributed by atoms with E-state index in [1.807, 2.05) is 7.05 Å². The average Bonchev–Trinajstić information content (AvgIpc) is 2.24. The van der Waals surface area contributed by atoms with Crippen molar-refractivity contribution >= 4 is 5.91 Å². The molecule has 88 valence electrons. The molecule has 0 aromatic rings. The van der Waals surface area contributed by atoms with Gasteiger partial charge in [-0.2, -0.15) is 0 Å². The molecule has 0 aliphatic carbocycles. The second-order valence-corrected chi connectivity index (χ2v) is 3.34. The number of carbonyl (C=O) groups excluding carboxylic acids is 1. The first-order valence-corrected chi connectivity index (χ1v) is 5.37. The first kappa shape index (κ1) is 14.1. The molecule has 0 fully saturated rings. The molecule has 0 aromatic carbocycles. The van der Waals surface area contributed by atoms with Crippen LogP contribution < -0.4 is 10.6 Å². The number of carbonyl (C=O) groups is 1. The van der Waals surface area contributed by atoms with Gasteiger partial charge < -0.3 is 15.4 Å². The molecule has 0 spiro atoms. The van der Waals surface area contributed by atoms with Crippen LogP contribution in [0.4, 0.5) is 0 Å². The molecule has 15 heavy (non-hydrogen) atoms. The molecular weight excluding hydrogens is 192 g/mol. The molecule has 0 radical (unpaired) electrons. The number of hydrogen-bond acceptors (Lipinski definition) is 3. The van der Waals surface area contributed by atoms with Crippen LogP contribution in [-0.4, -0.2) is 38.8 Å². The summed E-state index contributed by atoms with van der Waals surface area (Å²) in [4.78, 5) is 11.4. The number of amides is 1. The van der Waals surface area contributed by atoms with Gasteiger partial charge in [0.15, 0.2) is 0 Å². The van der Waals surface area contributed by atoms with Crippen LogP contribution in [-0.2, 0) is 9.53 Å². The molecule has 2 N–H and O–H groups in total. The van der Waals surface area contributed by atoms with E-state index in [1.54, 1.807) is 13.0 Å². The van der Waals surface area contributed by atoms with Crippen molar-refractivity contribution in [1.82, 2.24) is 10.6 Å². The van der Waals surface area contributed by atoms with Crippen molar-refractivity contribution in [2.75, 3.05) is 26.7 Å². The highest BCUT2D eigenvalue weighted by Crippen LogP contribution is 1.93. The summed E-state index contributed by atoms with van der Waals surface area (Å²) >= 11 is 0. The van der Waals surface area contributed by atoms with Crippen LogP contribution in [0.2, 0.25) is 0 Å². The zero-order valence-corrected chi connectivity index (χ0v) is 9.71. The summed E-state index contributed by atoms with van der Waals surface area (Å²) in [7, 11) is 1.89. The topological polar surface area (TPSA) is 50.4 Å². The van der Waals surface area contributed by atoms with Crippen LogP contribution in [0.3, 0.4) is 0 Å². The van der Waals surface area contributed by atoms with Crippen molar-refractivity contribution in [2.45, 2.75) is 25.9 Å². The minimum absolute atomic E-state index is 0.0461. The van der Waals surface area contributed by atoms with Gasteiger partial charge in [0, 0.05) is 6.54 Å². The summed E-state index contributed by atoms with van der Waals surface area (Å²) in [5.74, 6) is -0.0461. The number of nitrogens with one attached hydrogen (secondary N) is 2. The molecule has 0 aliphatic rings. The lowest BCUT2D eigenvalue weighted by atomic mass is 10.3. The van der Waals surface area contributed by atoms with E-state index in [2.05, 4.69) is 17.2 Å². The van der Waals surface area contributed by atoms with Gasteiger partial charge in [-0.15, -0.1) is 6.58 Å². The Balaban J connectivity index is 3.46. The van der Waals surface area contributed by atoms with Gasteiger partial charge in [-0.1, -0.05) is 6.08 Å². The largest absolute Gasteiger partial charge is 0.368 e. The molecule has 1 atom stereocenters. The average molecular weight is 214 g/mol. The zero-order valence-electron chi connectivity index (χ0n) is 9.71. The Morgan fingerprint density at radius 3 is 2.87 bits per heavy atom. The number of hydrogen-bond donors (Lipinski definition) is 2. The SMILES string of the molecule is C=CCCOC(C)C(=O)NCCCNC. The first-order valence-electron chi connectivity index (χ1n) is 5.37. The van der Waals surface area contributed by atoms with Crippen molar-refractivity contribution in [3.8, 4) is 0 Å². The molecule has 0 bridgehead atoms. The minimum Gasteiger partial charge on any atom is -0.368 e. The van der Waals surface area contributed by atoms with Gasteiger partial charge >= 0.3 is 0 Å². The monoisotopic (exact) mass is 214 g/mol. The summed E-state index contributed by atoms with van der Waals surface area (Å²) < 4.78 is 5.30. The maximum atomic E-state index is 11.4. The maximum absolute atomic E-state index is 11.4. The molecule has 0 saturated carbocycles. The van der Waals surface area contributed by atoms with Crippen LogP contribution in [0.15, 0.2) is 12.7 Å². The van der Waals surface area contributed by atoms with Crippen LogP contribution in [0, 0.1) is 0 Å². The van der Waals surface area contributed by atoms with Crippen LogP contribution in [0.5, 0.6) is 0 Å². The lowest BCUT2D eigenvalue weighted by Gasteiger charge is -2.12. The lowest BCUT2D eigenvalue weighted by Crippen LogP contribution is -2.36. The fourth-order valence-electron chi connectivity index (χ4n) is 1.02. The molecule has 0 rings (SSSR count). The molecular formula is C11H22N2O2. The van der Waals surface area contributed by atoms with E-state index in [0.717, 1.165) is 19.4 Å². The number of rotatable bonds is 9. The molecule has 0 aliphatic heterocycles. The van der Waals surface area contributed by atoms with E-state index in [-0.39, 0.29) is 12.0 Å². The van der Waals surface area contributed by atoms with Crippen LogP contribution in [0.25, 0.3) is 0 Å². The quantitative estimate of drug-likeness (QED) is 0.438. The first-order chi connectivity index (χ1) is 7.22. The van der Waals surface area contributed by atoms with E-state index in [9.17, 15) is 4.79 Å². The fraction of sp³-hybridized carbons (Fsp3) is 0.727. The predicted octanol–water partition coefficient (Wildman–Crippen LogP) is 0.693. The van der Waals surface area contributed by atoms with Crippen molar-refractivity contribution in [3.05, 3.63) is 12.7 Å². The van der Waals surface area contributed by atoms with Gasteiger partial charge in [-0.3, -0.25) is 4.79 Å². The van der Waals surface area contributed by atoms with Crippen LogP contribution >= 0.6 is 0 Å².